The maximum Gasteiger partial charge on any atom is 0.173 e. The zero-order valence-corrected chi connectivity index (χ0v) is 15.6. The van der Waals surface area contributed by atoms with Crippen LogP contribution in [-0.4, -0.2) is 19.4 Å². The van der Waals surface area contributed by atoms with Crippen molar-refractivity contribution in [3.63, 3.8) is 0 Å². The van der Waals surface area contributed by atoms with Gasteiger partial charge in [-0.1, -0.05) is 25.3 Å². The lowest BCUT2D eigenvalue weighted by atomic mass is 9.83. The van der Waals surface area contributed by atoms with E-state index in [1.807, 2.05) is 25.5 Å². The summed E-state index contributed by atoms with van der Waals surface area (Å²) in [6.07, 6.45) is 15.9. The summed E-state index contributed by atoms with van der Waals surface area (Å²) in [5.41, 5.74) is 5.22. The van der Waals surface area contributed by atoms with Crippen LogP contribution in [0.2, 0.25) is 0 Å². The molecule has 1 fully saturated rings. The van der Waals surface area contributed by atoms with Gasteiger partial charge < -0.3 is 4.40 Å². The lowest BCUT2D eigenvalue weighted by Gasteiger charge is -2.24. The molecule has 0 aromatic carbocycles. The molecule has 3 aromatic rings. The van der Waals surface area contributed by atoms with Crippen molar-refractivity contribution in [3.8, 4) is 0 Å². The summed E-state index contributed by atoms with van der Waals surface area (Å²) in [7, 11) is 0. The minimum absolute atomic E-state index is 0.296. The SMILES string of the molecule is Cc1cn2cc(C3=CCCCc4nc(CC5CCC5)ncc43)cc(F)c2n1. The quantitative estimate of drug-likeness (QED) is 0.679. The van der Waals surface area contributed by atoms with Crippen molar-refractivity contribution in [2.24, 2.45) is 5.92 Å². The van der Waals surface area contributed by atoms with E-state index in [0.29, 0.717) is 5.65 Å². The fourth-order valence-corrected chi connectivity index (χ4v) is 4.15. The van der Waals surface area contributed by atoms with Gasteiger partial charge in [-0.15, -0.1) is 0 Å². The van der Waals surface area contributed by atoms with Crippen molar-refractivity contribution < 1.29 is 4.39 Å². The molecule has 27 heavy (non-hydrogen) atoms. The minimum Gasteiger partial charge on any atom is -0.304 e. The predicted molar refractivity (Wildman–Crippen MR) is 103 cm³/mol. The largest absolute Gasteiger partial charge is 0.304 e. The number of fused-ring (bicyclic) bond motifs is 2. The van der Waals surface area contributed by atoms with Gasteiger partial charge in [0, 0.05) is 36.1 Å². The Morgan fingerprint density at radius 3 is 2.89 bits per heavy atom. The van der Waals surface area contributed by atoms with Gasteiger partial charge in [-0.25, -0.2) is 19.3 Å². The lowest BCUT2D eigenvalue weighted by molar-refractivity contribution is 0.309. The van der Waals surface area contributed by atoms with Crippen molar-refractivity contribution in [2.45, 2.75) is 51.9 Å². The first-order valence-electron chi connectivity index (χ1n) is 9.88. The minimum atomic E-state index is -0.296. The smallest absolute Gasteiger partial charge is 0.173 e. The van der Waals surface area contributed by atoms with E-state index in [9.17, 15) is 4.39 Å². The molecule has 0 unspecified atom stereocenters. The normalized spacial score (nSPS) is 17.3. The number of aromatic nitrogens is 4. The molecule has 0 saturated heterocycles. The third-order valence-corrected chi connectivity index (χ3v) is 5.81. The van der Waals surface area contributed by atoms with Crippen molar-refractivity contribution in [1.29, 1.82) is 0 Å². The molecule has 0 N–H and O–H groups in total. The Hall–Kier alpha value is -2.56. The van der Waals surface area contributed by atoms with Crippen molar-refractivity contribution in [2.75, 3.05) is 0 Å². The van der Waals surface area contributed by atoms with Gasteiger partial charge in [0.05, 0.1) is 11.4 Å². The molecular weight excluding hydrogens is 339 g/mol. The Morgan fingerprint density at radius 1 is 1.19 bits per heavy atom. The van der Waals surface area contributed by atoms with Gasteiger partial charge in [-0.05, 0) is 43.7 Å². The first kappa shape index (κ1) is 16.6. The number of pyridine rings is 1. The highest BCUT2D eigenvalue weighted by molar-refractivity contribution is 5.81. The second-order valence-electron chi connectivity index (χ2n) is 7.85. The van der Waals surface area contributed by atoms with Crippen LogP contribution in [0, 0.1) is 18.7 Å². The van der Waals surface area contributed by atoms with E-state index in [1.54, 1.807) is 10.5 Å². The Labute approximate surface area is 158 Å². The summed E-state index contributed by atoms with van der Waals surface area (Å²) >= 11 is 0. The zero-order chi connectivity index (χ0) is 18.4. The molecule has 5 heteroatoms. The summed E-state index contributed by atoms with van der Waals surface area (Å²) in [6, 6.07) is 1.59. The highest BCUT2D eigenvalue weighted by Crippen LogP contribution is 2.32. The lowest BCUT2D eigenvalue weighted by Crippen LogP contribution is -2.16. The highest BCUT2D eigenvalue weighted by Gasteiger charge is 2.21. The standard InChI is InChI=1S/C22H23FN4/c1-14-12-27-13-16(10-19(23)22(27)25-14)17-7-2-3-8-20-18(17)11-24-21(26-20)9-15-5-4-6-15/h7,10-13,15H,2-6,8-9H2,1H3. The number of allylic oxidation sites excluding steroid dienone is 1. The summed E-state index contributed by atoms with van der Waals surface area (Å²) < 4.78 is 16.4. The third kappa shape index (κ3) is 3.05. The molecule has 2 aliphatic rings. The molecule has 0 aliphatic heterocycles. The van der Waals surface area contributed by atoms with E-state index < -0.39 is 0 Å². The van der Waals surface area contributed by atoms with E-state index in [1.165, 1.54) is 19.3 Å². The molecular formula is C22H23FN4. The van der Waals surface area contributed by atoms with Gasteiger partial charge in [0.15, 0.2) is 11.5 Å². The van der Waals surface area contributed by atoms with E-state index >= 15 is 0 Å². The molecule has 0 bridgehead atoms. The summed E-state index contributed by atoms with van der Waals surface area (Å²) in [5, 5.41) is 0. The zero-order valence-electron chi connectivity index (χ0n) is 15.6. The van der Waals surface area contributed by atoms with E-state index in [2.05, 4.69) is 16.0 Å². The molecule has 2 aliphatic carbocycles. The van der Waals surface area contributed by atoms with Crippen LogP contribution in [-0.2, 0) is 12.8 Å². The molecule has 5 rings (SSSR count). The van der Waals surface area contributed by atoms with Gasteiger partial charge in [-0.3, -0.25) is 0 Å². The van der Waals surface area contributed by atoms with Gasteiger partial charge in [0.1, 0.15) is 5.82 Å². The van der Waals surface area contributed by atoms with Gasteiger partial charge in [0.2, 0.25) is 0 Å². The number of nitrogens with zero attached hydrogens (tertiary/aromatic N) is 4. The van der Waals surface area contributed by atoms with E-state index in [4.69, 9.17) is 4.98 Å². The molecule has 138 valence electrons. The number of aryl methyl sites for hydroxylation is 2. The first-order chi connectivity index (χ1) is 13.2. The Balaban J connectivity index is 1.56. The molecule has 0 radical (unpaired) electrons. The van der Waals surface area contributed by atoms with Crippen molar-refractivity contribution in [3.05, 3.63) is 64.9 Å². The van der Waals surface area contributed by atoms with E-state index in [-0.39, 0.29) is 5.82 Å². The predicted octanol–water partition coefficient (Wildman–Crippen LogP) is 4.68. The molecule has 3 aromatic heterocycles. The van der Waals surface area contributed by atoms with Gasteiger partial charge in [0.25, 0.3) is 0 Å². The fourth-order valence-electron chi connectivity index (χ4n) is 4.15. The number of rotatable bonds is 3. The molecule has 4 nitrogen and oxygen atoms in total. The van der Waals surface area contributed by atoms with Crippen LogP contribution in [0.3, 0.4) is 0 Å². The number of imidazole rings is 1. The first-order valence-corrected chi connectivity index (χ1v) is 9.88. The second kappa shape index (κ2) is 6.55. The maximum absolute atomic E-state index is 14.6. The number of halogens is 1. The van der Waals surface area contributed by atoms with Crippen LogP contribution in [0.15, 0.2) is 30.7 Å². The summed E-state index contributed by atoms with van der Waals surface area (Å²) in [6.45, 7) is 1.88. The van der Waals surface area contributed by atoms with Crippen molar-refractivity contribution >= 4 is 11.2 Å². The van der Waals surface area contributed by atoms with Crippen LogP contribution in [0.5, 0.6) is 0 Å². The average Bonchev–Trinajstić information content (AvgIpc) is 2.87. The Morgan fingerprint density at radius 2 is 2.07 bits per heavy atom. The molecule has 0 spiro atoms. The average molecular weight is 362 g/mol. The Kier molecular flexibility index (Phi) is 4.03. The monoisotopic (exact) mass is 362 g/mol. The number of hydrogen-bond acceptors (Lipinski definition) is 3. The van der Waals surface area contributed by atoms with Gasteiger partial charge >= 0.3 is 0 Å². The molecule has 3 heterocycles. The number of hydrogen-bond donors (Lipinski definition) is 0. The topological polar surface area (TPSA) is 43.1 Å². The van der Waals surface area contributed by atoms with Crippen LogP contribution in [0.4, 0.5) is 4.39 Å². The second-order valence-corrected chi connectivity index (χ2v) is 7.85. The highest BCUT2D eigenvalue weighted by atomic mass is 19.1. The molecule has 0 amide bonds. The van der Waals surface area contributed by atoms with Crippen molar-refractivity contribution in [1.82, 2.24) is 19.4 Å². The molecule has 1 saturated carbocycles. The van der Waals surface area contributed by atoms with Crippen LogP contribution in [0.1, 0.15) is 60.4 Å². The fraction of sp³-hybridized carbons (Fsp3) is 0.409. The maximum atomic E-state index is 14.6. The van der Waals surface area contributed by atoms with Crippen LogP contribution in [0.25, 0.3) is 11.2 Å². The van der Waals surface area contributed by atoms with Crippen LogP contribution < -0.4 is 0 Å². The van der Waals surface area contributed by atoms with Crippen LogP contribution >= 0.6 is 0 Å². The Bertz CT molecular complexity index is 1050. The summed E-state index contributed by atoms with van der Waals surface area (Å²) in [5.74, 6) is 1.42. The summed E-state index contributed by atoms with van der Waals surface area (Å²) in [4.78, 5) is 13.8. The van der Waals surface area contributed by atoms with Gasteiger partial charge in [-0.2, -0.15) is 0 Å². The molecule has 0 atom stereocenters. The third-order valence-electron chi connectivity index (χ3n) is 5.81. The van der Waals surface area contributed by atoms with E-state index in [0.717, 1.165) is 65.5 Å².